The summed E-state index contributed by atoms with van der Waals surface area (Å²) in [4.78, 5) is 16.6. The SMILES string of the molecule is CCNC(=NCCC(=O)Nc1cccc(Cl)c1C)NC1CCC(O)CC1.I. The molecule has 1 aromatic rings. The van der Waals surface area contributed by atoms with Crippen molar-refractivity contribution in [2.75, 3.05) is 18.4 Å². The molecule has 1 amide bonds. The van der Waals surface area contributed by atoms with E-state index < -0.39 is 0 Å². The first-order valence-corrected chi connectivity index (χ1v) is 9.65. The van der Waals surface area contributed by atoms with Crippen LogP contribution in [0.1, 0.15) is 44.6 Å². The Balaban J connectivity index is 0.00000364. The van der Waals surface area contributed by atoms with Gasteiger partial charge >= 0.3 is 0 Å². The van der Waals surface area contributed by atoms with Crippen LogP contribution in [0.25, 0.3) is 0 Å². The minimum absolute atomic E-state index is 0. The molecule has 0 heterocycles. The quantitative estimate of drug-likeness (QED) is 0.269. The number of aliphatic hydroxyl groups is 1. The zero-order valence-electron chi connectivity index (χ0n) is 15.9. The van der Waals surface area contributed by atoms with Crippen LogP contribution in [-0.4, -0.2) is 42.2 Å². The molecular formula is C19H30ClIN4O2. The van der Waals surface area contributed by atoms with Crippen molar-refractivity contribution in [3.8, 4) is 0 Å². The zero-order chi connectivity index (χ0) is 18.9. The van der Waals surface area contributed by atoms with Crippen LogP contribution in [0, 0.1) is 6.92 Å². The molecule has 1 aliphatic rings. The van der Waals surface area contributed by atoms with E-state index in [-0.39, 0.29) is 36.0 Å². The smallest absolute Gasteiger partial charge is 0.226 e. The maximum absolute atomic E-state index is 12.1. The van der Waals surface area contributed by atoms with Gasteiger partial charge in [-0.15, -0.1) is 24.0 Å². The number of carbonyl (C=O) groups excluding carboxylic acids is 1. The number of benzene rings is 1. The number of carbonyl (C=O) groups is 1. The molecule has 27 heavy (non-hydrogen) atoms. The first-order chi connectivity index (χ1) is 12.5. The highest BCUT2D eigenvalue weighted by Gasteiger charge is 2.19. The van der Waals surface area contributed by atoms with Crippen LogP contribution >= 0.6 is 35.6 Å². The topological polar surface area (TPSA) is 85.8 Å². The van der Waals surface area contributed by atoms with Crippen LogP contribution in [0.5, 0.6) is 0 Å². The summed E-state index contributed by atoms with van der Waals surface area (Å²) >= 11 is 6.07. The molecule has 0 bridgehead atoms. The summed E-state index contributed by atoms with van der Waals surface area (Å²) in [5.41, 5.74) is 1.60. The number of hydrogen-bond acceptors (Lipinski definition) is 3. The average molecular weight is 509 g/mol. The number of hydrogen-bond donors (Lipinski definition) is 4. The number of guanidine groups is 1. The zero-order valence-corrected chi connectivity index (χ0v) is 19.0. The number of nitrogens with zero attached hydrogens (tertiary/aromatic N) is 1. The molecule has 0 aliphatic heterocycles. The molecule has 0 saturated heterocycles. The summed E-state index contributed by atoms with van der Waals surface area (Å²) in [5.74, 6) is 0.636. The Bertz CT molecular complexity index is 634. The second-order valence-corrected chi connectivity index (χ2v) is 7.03. The molecule has 6 nitrogen and oxygen atoms in total. The number of halogens is 2. The molecule has 152 valence electrons. The maximum atomic E-state index is 12.1. The second kappa shape index (κ2) is 12.4. The van der Waals surface area contributed by atoms with E-state index in [0.717, 1.165) is 49.4 Å². The van der Waals surface area contributed by atoms with Crippen LogP contribution in [0.15, 0.2) is 23.2 Å². The molecule has 0 unspecified atom stereocenters. The van der Waals surface area contributed by atoms with Crippen molar-refractivity contribution in [3.63, 3.8) is 0 Å². The van der Waals surface area contributed by atoms with Crippen molar-refractivity contribution >= 4 is 53.1 Å². The van der Waals surface area contributed by atoms with E-state index in [1.807, 2.05) is 26.0 Å². The Morgan fingerprint density at radius 3 is 2.67 bits per heavy atom. The molecule has 1 aliphatic carbocycles. The van der Waals surface area contributed by atoms with Gasteiger partial charge in [0, 0.05) is 29.7 Å². The standard InChI is InChI=1S/C19H29ClN4O2.HI/c1-3-21-19(23-14-7-9-15(25)10-8-14)22-12-11-18(26)24-17-6-4-5-16(20)13(17)2;/h4-6,14-15,25H,3,7-12H2,1-2H3,(H,24,26)(H2,21,22,23);1H. The number of nitrogens with one attached hydrogen (secondary N) is 3. The van der Waals surface area contributed by atoms with E-state index in [0.29, 0.717) is 24.0 Å². The largest absolute Gasteiger partial charge is 0.393 e. The third kappa shape index (κ3) is 8.23. The predicted molar refractivity (Wildman–Crippen MR) is 122 cm³/mol. The van der Waals surface area contributed by atoms with Gasteiger partial charge in [0.1, 0.15) is 0 Å². The minimum Gasteiger partial charge on any atom is -0.393 e. The van der Waals surface area contributed by atoms with Gasteiger partial charge in [0.25, 0.3) is 0 Å². The molecule has 0 radical (unpaired) electrons. The summed E-state index contributed by atoms with van der Waals surface area (Å²) in [6.07, 6.45) is 3.62. The highest BCUT2D eigenvalue weighted by atomic mass is 127. The fourth-order valence-electron chi connectivity index (χ4n) is 2.96. The fraction of sp³-hybridized carbons (Fsp3) is 0.579. The molecule has 1 fully saturated rings. The molecule has 0 atom stereocenters. The molecule has 8 heteroatoms. The van der Waals surface area contributed by atoms with Crippen molar-refractivity contribution in [1.82, 2.24) is 10.6 Å². The molecule has 2 rings (SSSR count). The van der Waals surface area contributed by atoms with Gasteiger partial charge in [-0.1, -0.05) is 17.7 Å². The van der Waals surface area contributed by atoms with Gasteiger partial charge in [0.2, 0.25) is 5.91 Å². The summed E-state index contributed by atoms with van der Waals surface area (Å²) in [6, 6.07) is 5.78. The summed E-state index contributed by atoms with van der Waals surface area (Å²) in [7, 11) is 0. The predicted octanol–water partition coefficient (Wildman–Crippen LogP) is 3.45. The van der Waals surface area contributed by atoms with Crippen LogP contribution in [0.4, 0.5) is 5.69 Å². The molecule has 1 aromatic carbocycles. The van der Waals surface area contributed by atoms with Crippen LogP contribution in [0.2, 0.25) is 5.02 Å². The lowest BCUT2D eigenvalue weighted by Gasteiger charge is -2.27. The fourth-order valence-corrected chi connectivity index (χ4v) is 3.13. The first-order valence-electron chi connectivity index (χ1n) is 9.27. The highest BCUT2D eigenvalue weighted by molar-refractivity contribution is 14.0. The summed E-state index contributed by atoms with van der Waals surface area (Å²) in [6.45, 7) is 5.05. The molecule has 1 saturated carbocycles. The van der Waals surface area contributed by atoms with Crippen molar-refractivity contribution in [2.24, 2.45) is 4.99 Å². The van der Waals surface area contributed by atoms with Crippen molar-refractivity contribution in [2.45, 2.75) is 58.1 Å². The number of rotatable bonds is 6. The summed E-state index contributed by atoms with van der Waals surface area (Å²) in [5, 5.41) is 19.7. The van der Waals surface area contributed by atoms with E-state index in [9.17, 15) is 9.90 Å². The van der Waals surface area contributed by atoms with Gasteiger partial charge in [-0.2, -0.15) is 0 Å². The number of amides is 1. The van der Waals surface area contributed by atoms with Gasteiger partial charge in [-0.25, -0.2) is 0 Å². The van der Waals surface area contributed by atoms with Gasteiger partial charge < -0.3 is 21.1 Å². The lowest BCUT2D eigenvalue weighted by Crippen LogP contribution is -2.45. The monoisotopic (exact) mass is 508 g/mol. The van der Waals surface area contributed by atoms with Gasteiger partial charge in [-0.3, -0.25) is 9.79 Å². The van der Waals surface area contributed by atoms with Crippen molar-refractivity contribution in [1.29, 1.82) is 0 Å². The highest BCUT2D eigenvalue weighted by Crippen LogP contribution is 2.23. The van der Waals surface area contributed by atoms with E-state index in [1.165, 1.54) is 0 Å². The number of anilines is 1. The van der Waals surface area contributed by atoms with E-state index in [1.54, 1.807) is 6.07 Å². The third-order valence-corrected chi connectivity index (χ3v) is 4.94. The van der Waals surface area contributed by atoms with Crippen molar-refractivity contribution in [3.05, 3.63) is 28.8 Å². The maximum Gasteiger partial charge on any atom is 0.226 e. The van der Waals surface area contributed by atoms with Gasteiger partial charge in [0.15, 0.2) is 5.96 Å². The third-order valence-electron chi connectivity index (χ3n) is 4.53. The van der Waals surface area contributed by atoms with Crippen molar-refractivity contribution < 1.29 is 9.90 Å². The normalized spacial score (nSPS) is 19.8. The molecule has 0 spiro atoms. The Hall–Kier alpha value is -1.06. The van der Waals surface area contributed by atoms with E-state index in [2.05, 4.69) is 20.9 Å². The van der Waals surface area contributed by atoms with Crippen LogP contribution in [-0.2, 0) is 4.79 Å². The number of aliphatic hydroxyl groups excluding tert-OH is 1. The van der Waals surface area contributed by atoms with E-state index >= 15 is 0 Å². The lowest BCUT2D eigenvalue weighted by atomic mass is 9.93. The van der Waals surface area contributed by atoms with Gasteiger partial charge in [-0.05, 0) is 57.2 Å². The Morgan fingerprint density at radius 1 is 1.30 bits per heavy atom. The number of aliphatic imine (C=N–C) groups is 1. The summed E-state index contributed by atoms with van der Waals surface area (Å²) < 4.78 is 0. The first kappa shape index (κ1) is 24.0. The Labute approximate surface area is 183 Å². The second-order valence-electron chi connectivity index (χ2n) is 6.62. The van der Waals surface area contributed by atoms with Gasteiger partial charge in [0.05, 0.1) is 12.6 Å². The van der Waals surface area contributed by atoms with E-state index in [4.69, 9.17) is 11.6 Å². The molecule has 0 aromatic heterocycles. The lowest BCUT2D eigenvalue weighted by molar-refractivity contribution is -0.116. The Morgan fingerprint density at radius 2 is 2.00 bits per heavy atom. The molecular weight excluding hydrogens is 479 g/mol. The van der Waals surface area contributed by atoms with Crippen LogP contribution < -0.4 is 16.0 Å². The van der Waals surface area contributed by atoms with Crippen LogP contribution in [0.3, 0.4) is 0 Å². The molecule has 4 N–H and O–H groups in total. The minimum atomic E-state index is -0.175. The average Bonchev–Trinajstić information content (AvgIpc) is 2.61. The Kier molecular flexibility index (Phi) is 11.0.